The van der Waals surface area contributed by atoms with Gasteiger partial charge in [0.1, 0.15) is 5.75 Å². The van der Waals surface area contributed by atoms with Gasteiger partial charge in [0.15, 0.2) is 0 Å². The van der Waals surface area contributed by atoms with E-state index in [1.807, 2.05) is 19.9 Å². The fourth-order valence-electron chi connectivity index (χ4n) is 1.05. The van der Waals surface area contributed by atoms with E-state index in [1.165, 1.54) is 0 Å². The van der Waals surface area contributed by atoms with E-state index in [1.54, 1.807) is 25.1 Å². The van der Waals surface area contributed by atoms with Gasteiger partial charge in [0.25, 0.3) is 0 Å². The summed E-state index contributed by atoms with van der Waals surface area (Å²) in [5, 5.41) is 0. The summed E-state index contributed by atoms with van der Waals surface area (Å²) in [6.45, 7) is 5.79. The smallest absolute Gasteiger partial charge is 0.404 e. The van der Waals surface area contributed by atoms with E-state index >= 15 is 0 Å². The van der Waals surface area contributed by atoms with Crippen molar-refractivity contribution >= 4 is 7.82 Å². The molecule has 0 heterocycles. The fourth-order valence-corrected chi connectivity index (χ4v) is 2.05. The Hall–Kier alpha value is -0.830. The Morgan fingerprint density at radius 1 is 1.38 bits per heavy atom. The number of hydrogen-bond acceptors (Lipinski definition) is 3. The summed E-state index contributed by atoms with van der Waals surface area (Å²) in [6, 6.07) is 7.01. The second-order valence-corrected chi connectivity index (χ2v) is 5.39. The molecule has 0 radical (unpaired) electrons. The van der Waals surface area contributed by atoms with Gasteiger partial charge in [-0.25, -0.2) is 4.57 Å². The molecule has 0 saturated heterocycles. The second-order valence-electron chi connectivity index (χ2n) is 4.01. The van der Waals surface area contributed by atoms with Crippen molar-refractivity contribution in [3.8, 4) is 5.75 Å². The van der Waals surface area contributed by atoms with Crippen molar-refractivity contribution in [1.82, 2.24) is 0 Å². The van der Waals surface area contributed by atoms with Crippen molar-refractivity contribution in [3.05, 3.63) is 29.8 Å². The third kappa shape index (κ3) is 4.35. The van der Waals surface area contributed by atoms with Crippen LogP contribution in [0.15, 0.2) is 24.3 Å². The first kappa shape index (κ1) is 13.2. The predicted molar refractivity (Wildman–Crippen MR) is 62.4 cm³/mol. The van der Waals surface area contributed by atoms with Gasteiger partial charge in [-0.1, -0.05) is 32.0 Å². The summed E-state index contributed by atoms with van der Waals surface area (Å²) in [4.78, 5) is 9.45. The maximum Gasteiger partial charge on any atom is 0.527 e. The van der Waals surface area contributed by atoms with Crippen molar-refractivity contribution in [2.45, 2.75) is 20.8 Å². The zero-order chi connectivity index (χ0) is 12.2. The molecule has 1 N–H and O–H groups in total. The lowest BCUT2D eigenvalue weighted by Crippen LogP contribution is -2.04. The van der Waals surface area contributed by atoms with E-state index < -0.39 is 7.82 Å². The summed E-state index contributed by atoms with van der Waals surface area (Å²) in [6.07, 6.45) is 0. The van der Waals surface area contributed by atoms with Crippen molar-refractivity contribution in [2.75, 3.05) is 6.61 Å². The number of benzene rings is 1. The first-order valence-corrected chi connectivity index (χ1v) is 6.63. The number of phosphoric ester groups is 1. The maximum atomic E-state index is 11.6. The van der Waals surface area contributed by atoms with E-state index in [0.29, 0.717) is 5.75 Å². The molecule has 1 unspecified atom stereocenters. The highest BCUT2D eigenvalue weighted by atomic mass is 31.2. The average Bonchev–Trinajstić information content (AvgIpc) is 2.19. The van der Waals surface area contributed by atoms with E-state index in [4.69, 9.17) is 9.05 Å². The lowest BCUT2D eigenvalue weighted by molar-refractivity contribution is 0.182. The number of phosphoric acid groups is 1. The van der Waals surface area contributed by atoms with Crippen LogP contribution in [-0.4, -0.2) is 11.5 Å². The molecule has 1 aromatic carbocycles. The van der Waals surface area contributed by atoms with Crippen LogP contribution in [0.25, 0.3) is 0 Å². The van der Waals surface area contributed by atoms with Crippen LogP contribution >= 0.6 is 7.82 Å². The first-order valence-electron chi connectivity index (χ1n) is 5.13. The Morgan fingerprint density at radius 2 is 2.00 bits per heavy atom. The van der Waals surface area contributed by atoms with E-state index in [2.05, 4.69) is 0 Å². The van der Waals surface area contributed by atoms with Gasteiger partial charge in [-0.05, 0) is 24.5 Å². The van der Waals surface area contributed by atoms with Gasteiger partial charge in [0, 0.05) is 0 Å². The normalized spacial score (nSPS) is 14.8. The molecule has 0 saturated carbocycles. The zero-order valence-corrected chi connectivity index (χ0v) is 10.6. The molecule has 16 heavy (non-hydrogen) atoms. The van der Waals surface area contributed by atoms with Crippen LogP contribution < -0.4 is 4.52 Å². The average molecular weight is 244 g/mol. The van der Waals surface area contributed by atoms with Gasteiger partial charge in [0.2, 0.25) is 0 Å². The van der Waals surface area contributed by atoms with Gasteiger partial charge in [-0.15, -0.1) is 0 Å². The molecule has 0 aliphatic rings. The molecule has 4 nitrogen and oxygen atoms in total. The number of para-hydroxylation sites is 1. The maximum absolute atomic E-state index is 11.6. The molecule has 1 aromatic rings. The summed E-state index contributed by atoms with van der Waals surface area (Å²) >= 11 is 0. The number of rotatable bonds is 5. The fraction of sp³-hybridized carbons (Fsp3) is 0.455. The first-order chi connectivity index (χ1) is 7.41. The molecule has 5 heteroatoms. The SMILES string of the molecule is Cc1ccccc1OP(=O)(O)OCC(C)C. The van der Waals surface area contributed by atoms with E-state index in [9.17, 15) is 9.46 Å². The zero-order valence-electron chi connectivity index (χ0n) is 9.71. The Labute approximate surface area is 95.8 Å². The molecular weight excluding hydrogens is 227 g/mol. The largest absolute Gasteiger partial charge is 0.527 e. The van der Waals surface area contributed by atoms with Crippen molar-refractivity contribution in [1.29, 1.82) is 0 Å². The van der Waals surface area contributed by atoms with Gasteiger partial charge in [-0.3, -0.25) is 9.42 Å². The molecule has 0 bridgehead atoms. The van der Waals surface area contributed by atoms with E-state index in [0.717, 1.165) is 5.56 Å². The van der Waals surface area contributed by atoms with Crippen LogP contribution in [0, 0.1) is 12.8 Å². The Bertz CT molecular complexity index is 389. The topological polar surface area (TPSA) is 55.8 Å². The van der Waals surface area contributed by atoms with Gasteiger partial charge in [0.05, 0.1) is 6.61 Å². The monoisotopic (exact) mass is 244 g/mol. The molecule has 0 fully saturated rings. The summed E-state index contributed by atoms with van der Waals surface area (Å²) in [5.41, 5.74) is 0.796. The number of aryl methyl sites for hydroxylation is 1. The molecular formula is C11H17O4P. The highest BCUT2D eigenvalue weighted by molar-refractivity contribution is 7.47. The molecule has 0 amide bonds. The molecule has 0 spiro atoms. The lowest BCUT2D eigenvalue weighted by atomic mass is 10.2. The molecule has 0 aliphatic carbocycles. The summed E-state index contributed by atoms with van der Waals surface area (Å²) < 4.78 is 21.4. The van der Waals surface area contributed by atoms with Crippen LogP contribution in [0.4, 0.5) is 0 Å². The van der Waals surface area contributed by atoms with Gasteiger partial charge >= 0.3 is 7.82 Å². The van der Waals surface area contributed by atoms with Crippen LogP contribution in [-0.2, 0) is 9.09 Å². The Balaban J connectivity index is 2.66. The molecule has 1 rings (SSSR count). The minimum absolute atomic E-state index is 0.181. The van der Waals surface area contributed by atoms with Crippen molar-refractivity contribution < 1.29 is 18.5 Å². The van der Waals surface area contributed by atoms with Gasteiger partial charge < -0.3 is 4.52 Å². The third-order valence-corrected chi connectivity index (χ3v) is 2.78. The quantitative estimate of drug-likeness (QED) is 0.808. The second kappa shape index (κ2) is 5.48. The molecule has 1 atom stereocenters. The van der Waals surface area contributed by atoms with Crippen LogP contribution in [0.2, 0.25) is 0 Å². The highest BCUT2D eigenvalue weighted by Crippen LogP contribution is 2.44. The summed E-state index contributed by atoms with van der Waals surface area (Å²) in [5.74, 6) is 0.554. The van der Waals surface area contributed by atoms with Crippen LogP contribution in [0.3, 0.4) is 0 Å². The Morgan fingerprint density at radius 3 is 2.56 bits per heavy atom. The molecule has 0 aromatic heterocycles. The minimum atomic E-state index is -4.00. The molecule has 90 valence electrons. The number of hydrogen-bond donors (Lipinski definition) is 1. The van der Waals surface area contributed by atoms with Gasteiger partial charge in [-0.2, -0.15) is 0 Å². The molecule has 0 aliphatic heterocycles. The van der Waals surface area contributed by atoms with Crippen molar-refractivity contribution in [2.24, 2.45) is 5.92 Å². The van der Waals surface area contributed by atoms with Crippen LogP contribution in [0.5, 0.6) is 5.75 Å². The standard InChI is InChI=1S/C11H17O4P/c1-9(2)8-14-16(12,13)15-11-7-5-4-6-10(11)3/h4-7,9H,8H2,1-3H3,(H,12,13). The highest BCUT2D eigenvalue weighted by Gasteiger charge is 2.23. The summed E-state index contributed by atoms with van der Waals surface area (Å²) in [7, 11) is -4.00. The minimum Gasteiger partial charge on any atom is -0.404 e. The lowest BCUT2D eigenvalue weighted by Gasteiger charge is -2.15. The predicted octanol–water partition coefficient (Wildman–Crippen LogP) is 3.15. The Kier molecular flexibility index (Phi) is 4.54. The van der Waals surface area contributed by atoms with E-state index in [-0.39, 0.29) is 12.5 Å². The van der Waals surface area contributed by atoms with Crippen LogP contribution in [0.1, 0.15) is 19.4 Å². The van der Waals surface area contributed by atoms with Crippen molar-refractivity contribution in [3.63, 3.8) is 0 Å². The third-order valence-electron chi connectivity index (χ3n) is 1.88.